The van der Waals surface area contributed by atoms with Crippen LogP contribution >= 0.6 is 0 Å². The van der Waals surface area contributed by atoms with E-state index in [0.29, 0.717) is 0 Å². The molecule has 17 heavy (non-hydrogen) atoms. The third-order valence-electron chi connectivity index (χ3n) is 2.89. The first-order valence-electron chi connectivity index (χ1n) is 5.79. The first-order chi connectivity index (χ1) is 8.24. The number of hydrogen-bond donors (Lipinski definition) is 2. The van der Waals surface area contributed by atoms with Crippen molar-refractivity contribution in [2.45, 2.75) is 26.4 Å². The number of nitrogens with two attached hydrogens (primary N) is 1. The maximum absolute atomic E-state index is 5.64. The lowest BCUT2D eigenvalue weighted by Crippen LogP contribution is -2.28. The fourth-order valence-corrected chi connectivity index (χ4v) is 1.85. The molecular formula is C13H18N4. The quantitative estimate of drug-likeness (QED) is 0.621. The van der Waals surface area contributed by atoms with Crippen LogP contribution in [0.2, 0.25) is 0 Å². The van der Waals surface area contributed by atoms with Gasteiger partial charge in [0, 0.05) is 18.3 Å². The Kier molecular flexibility index (Phi) is 3.56. The molecule has 2 rings (SSSR count). The van der Waals surface area contributed by atoms with Gasteiger partial charge >= 0.3 is 0 Å². The molecule has 1 aromatic carbocycles. The molecule has 4 nitrogen and oxygen atoms in total. The van der Waals surface area contributed by atoms with Crippen molar-refractivity contribution in [3.05, 3.63) is 53.3 Å². The lowest BCUT2D eigenvalue weighted by Gasteiger charge is -2.14. The van der Waals surface area contributed by atoms with E-state index >= 15 is 0 Å². The van der Waals surface area contributed by atoms with Crippen LogP contribution in [0.5, 0.6) is 0 Å². The molecule has 0 bridgehead atoms. The zero-order valence-electron chi connectivity index (χ0n) is 10.2. The minimum atomic E-state index is -0.00380. The summed E-state index contributed by atoms with van der Waals surface area (Å²) in [6.07, 6.45) is 3.87. The van der Waals surface area contributed by atoms with E-state index in [9.17, 15) is 0 Å². The van der Waals surface area contributed by atoms with Crippen molar-refractivity contribution in [1.82, 2.24) is 15.2 Å². The minimum Gasteiger partial charge on any atom is -0.273 e. The van der Waals surface area contributed by atoms with Gasteiger partial charge in [-0.3, -0.25) is 10.5 Å². The Hall–Kier alpha value is -1.65. The van der Waals surface area contributed by atoms with Gasteiger partial charge in [-0.15, -0.1) is 0 Å². The van der Waals surface area contributed by atoms with Crippen molar-refractivity contribution in [1.29, 1.82) is 0 Å². The molecule has 0 fully saturated rings. The third kappa shape index (κ3) is 2.54. The van der Waals surface area contributed by atoms with Gasteiger partial charge in [-0.2, -0.15) is 5.10 Å². The number of hydrazine groups is 1. The fourth-order valence-electron chi connectivity index (χ4n) is 1.85. The SMILES string of the molecule is CCn1cc(C(NN)c2ccc(C)cc2)cn1. The zero-order valence-corrected chi connectivity index (χ0v) is 10.2. The molecule has 1 heterocycles. The zero-order chi connectivity index (χ0) is 12.3. The van der Waals surface area contributed by atoms with Gasteiger partial charge in [0.15, 0.2) is 0 Å². The Bertz CT molecular complexity index is 472. The highest BCUT2D eigenvalue weighted by molar-refractivity contribution is 5.31. The van der Waals surface area contributed by atoms with Gasteiger partial charge in [0.05, 0.1) is 12.2 Å². The van der Waals surface area contributed by atoms with E-state index in [0.717, 1.165) is 17.7 Å². The van der Waals surface area contributed by atoms with E-state index in [4.69, 9.17) is 5.84 Å². The number of benzene rings is 1. The predicted molar refractivity (Wildman–Crippen MR) is 68.2 cm³/mol. The number of aryl methyl sites for hydroxylation is 2. The number of aromatic nitrogens is 2. The molecule has 0 aliphatic carbocycles. The van der Waals surface area contributed by atoms with Crippen LogP contribution in [0.1, 0.15) is 29.7 Å². The summed E-state index contributed by atoms with van der Waals surface area (Å²) in [5, 5.41) is 4.27. The second-order valence-electron chi connectivity index (χ2n) is 4.14. The van der Waals surface area contributed by atoms with Crippen LogP contribution in [-0.2, 0) is 6.54 Å². The number of nitrogens with zero attached hydrogens (tertiary/aromatic N) is 2. The molecule has 1 unspecified atom stereocenters. The highest BCUT2D eigenvalue weighted by atomic mass is 15.3. The summed E-state index contributed by atoms with van der Waals surface area (Å²) in [6.45, 7) is 5.00. The molecular weight excluding hydrogens is 212 g/mol. The van der Waals surface area contributed by atoms with E-state index in [-0.39, 0.29) is 6.04 Å². The average Bonchev–Trinajstić information content (AvgIpc) is 2.81. The van der Waals surface area contributed by atoms with Crippen molar-refractivity contribution in [2.24, 2.45) is 5.84 Å². The molecule has 0 aliphatic heterocycles. The molecule has 3 N–H and O–H groups in total. The van der Waals surface area contributed by atoms with Crippen molar-refractivity contribution in [2.75, 3.05) is 0 Å². The van der Waals surface area contributed by atoms with Gasteiger partial charge in [-0.1, -0.05) is 29.8 Å². The highest BCUT2D eigenvalue weighted by Crippen LogP contribution is 2.21. The van der Waals surface area contributed by atoms with Gasteiger partial charge in [-0.05, 0) is 19.4 Å². The van der Waals surface area contributed by atoms with Crippen LogP contribution in [0, 0.1) is 6.92 Å². The summed E-state index contributed by atoms with van der Waals surface area (Å²) in [5.74, 6) is 5.64. The van der Waals surface area contributed by atoms with Crippen LogP contribution in [0.4, 0.5) is 0 Å². The molecule has 0 aliphatic rings. The van der Waals surface area contributed by atoms with E-state index in [1.165, 1.54) is 5.56 Å². The Morgan fingerprint density at radius 3 is 2.53 bits per heavy atom. The lowest BCUT2D eigenvalue weighted by atomic mass is 10.0. The smallest absolute Gasteiger partial charge is 0.0740 e. The molecule has 4 heteroatoms. The second kappa shape index (κ2) is 5.12. The third-order valence-corrected chi connectivity index (χ3v) is 2.89. The predicted octanol–water partition coefficient (Wildman–Crippen LogP) is 1.76. The first-order valence-corrected chi connectivity index (χ1v) is 5.79. The first kappa shape index (κ1) is 11.8. The summed E-state index contributed by atoms with van der Waals surface area (Å²) in [4.78, 5) is 0. The Balaban J connectivity index is 2.29. The van der Waals surface area contributed by atoms with E-state index in [1.807, 2.05) is 17.1 Å². The molecule has 0 radical (unpaired) electrons. The average molecular weight is 230 g/mol. The van der Waals surface area contributed by atoms with Gasteiger partial charge in [0.1, 0.15) is 0 Å². The molecule has 2 aromatic rings. The molecule has 0 spiro atoms. The van der Waals surface area contributed by atoms with Gasteiger partial charge < -0.3 is 0 Å². The Morgan fingerprint density at radius 2 is 2.00 bits per heavy atom. The van der Waals surface area contributed by atoms with Crippen LogP contribution in [0.3, 0.4) is 0 Å². The standard InChI is InChI=1S/C13H18N4/c1-3-17-9-12(8-15-17)13(16-14)11-6-4-10(2)5-7-11/h4-9,13,16H,3,14H2,1-2H3. The number of nitrogens with one attached hydrogen (secondary N) is 1. The number of hydrogen-bond acceptors (Lipinski definition) is 3. The van der Waals surface area contributed by atoms with E-state index < -0.39 is 0 Å². The van der Waals surface area contributed by atoms with Crippen LogP contribution in [0.25, 0.3) is 0 Å². The Labute approximate surface area is 101 Å². The largest absolute Gasteiger partial charge is 0.273 e. The van der Waals surface area contributed by atoms with Crippen molar-refractivity contribution in [3.63, 3.8) is 0 Å². The molecule has 90 valence electrons. The van der Waals surface area contributed by atoms with E-state index in [1.54, 1.807) is 0 Å². The number of rotatable bonds is 4. The van der Waals surface area contributed by atoms with Crippen LogP contribution in [0.15, 0.2) is 36.7 Å². The summed E-state index contributed by atoms with van der Waals surface area (Å²) in [7, 11) is 0. The van der Waals surface area contributed by atoms with Crippen molar-refractivity contribution >= 4 is 0 Å². The van der Waals surface area contributed by atoms with Crippen molar-refractivity contribution < 1.29 is 0 Å². The van der Waals surface area contributed by atoms with Gasteiger partial charge in [-0.25, -0.2) is 5.43 Å². The molecule has 1 atom stereocenters. The summed E-state index contributed by atoms with van der Waals surface area (Å²) >= 11 is 0. The normalized spacial score (nSPS) is 12.6. The molecule has 0 amide bonds. The molecule has 0 saturated carbocycles. The fraction of sp³-hybridized carbons (Fsp3) is 0.308. The molecule has 0 saturated heterocycles. The van der Waals surface area contributed by atoms with Crippen LogP contribution < -0.4 is 11.3 Å². The summed E-state index contributed by atoms with van der Waals surface area (Å²) < 4.78 is 1.90. The topological polar surface area (TPSA) is 55.9 Å². The highest BCUT2D eigenvalue weighted by Gasteiger charge is 2.13. The monoisotopic (exact) mass is 230 g/mol. The summed E-state index contributed by atoms with van der Waals surface area (Å²) in [6, 6.07) is 8.34. The molecule has 1 aromatic heterocycles. The Morgan fingerprint density at radius 1 is 1.29 bits per heavy atom. The second-order valence-corrected chi connectivity index (χ2v) is 4.14. The van der Waals surface area contributed by atoms with E-state index in [2.05, 4.69) is 48.6 Å². The maximum Gasteiger partial charge on any atom is 0.0740 e. The van der Waals surface area contributed by atoms with Gasteiger partial charge in [0.25, 0.3) is 0 Å². The van der Waals surface area contributed by atoms with Crippen LogP contribution in [-0.4, -0.2) is 9.78 Å². The lowest BCUT2D eigenvalue weighted by molar-refractivity contribution is 0.630. The summed E-state index contributed by atoms with van der Waals surface area (Å²) in [5.41, 5.74) is 6.31. The minimum absolute atomic E-state index is 0.00380. The van der Waals surface area contributed by atoms with Crippen molar-refractivity contribution in [3.8, 4) is 0 Å². The van der Waals surface area contributed by atoms with Gasteiger partial charge in [0.2, 0.25) is 0 Å². The maximum atomic E-state index is 5.64.